The molecule has 1 atom stereocenters. The molecule has 136 valence electrons. The molecular weight excluding hydrogens is 325 g/mol. The zero-order valence-electron chi connectivity index (χ0n) is 15.0. The smallest absolute Gasteiger partial charge is 0.315 e. The normalized spacial score (nSPS) is 11.9. The van der Waals surface area contributed by atoms with Gasteiger partial charge < -0.3 is 19.9 Å². The average Bonchev–Trinajstić information content (AvgIpc) is 2.90. The van der Waals surface area contributed by atoms with Gasteiger partial charge >= 0.3 is 6.03 Å². The second kappa shape index (κ2) is 8.50. The summed E-state index contributed by atoms with van der Waals surface area (Å²) >= 11 is 0. The van der Waals surface area contributed by atoms with Gasteiger partial charge in [0.25, 0.3) is 0 Å². The Hall–Kier alpha value is -2.57. The number of urea groups is 1. The number of amides is 2. The number of nitrogens with one attached hydrogen (secondary N) is 2. The number of nitrogens with zero attached hydrogens (tertiary/aromatic N) is 1. The maximum absolute atomic E-state index is 13.7. The van der Waals surface area contributed by atoms with Crippen molar-refractivity contribution < 1.29 is 18.4 Å². The van der Waals surface area contributed by atoms with E-state index < -0.39 is 5.82 Å². The van der Waals surface area contributed by atoms with Crippen LogP contribution in [0.15, 0.2) is 22.7 Å². The molecule has 2 rings (SSSR count). The highest BCUT2D eigenvalue weighted by molar-refractivity contribution is 5.74. The number of hydrogen-bond acceptors (Lipinski definition) is 4. The van der Waals surface area contributed by atoms with Crippen LogP contribution in [-0.4, -0.2) is 24.8 Å². The van der Waals surface area contributed by atoms with Crippen LogP contribution in [0.5, 0.6) is 5.75 Å². The van der Waals surface area contributed by atoms with Gasteiger partial charge in [0.1, 0.15) is 5.76 Å². The summed E-state index contributed by atoms with van der Waals surface area (Å²) in [6, 6.07) is 4.03. The van der Waals surface area contributed by atoms with Crippen LogP contribution < -0.4 is 15.4 Å². The summed E-state index contributed by atoms with van der Waals surface area (Å²) in [6.07, 6.45) is 1.57. The number of ether oxygens (including phenoxy) is 1. The van der Waals surface area contributed by atoms with Crippen LogP contribution in [0, 0.1) is 19.7 Å². The van der Waals surface area contributed by atoms with Crippen LogP contribution in [0.1, 0.15) is 42.0 Å². The first kappa shape index (κ1) is 18.8. The van der Waals surface area contributed by atoms with Crippen molar-refractivity contribution in [3.05, 3.63) is 46.6 Å². The van der Waals surface area contributed by atoms with Crippen LogP contribution in [0.25, 0.3) is 0 Å². The molecule has 7 heteroatoms. The number of carbonyl (C=O) groups is 1. The fraction of sp³-hybridized carbons (Fsp3) is 0.444. The number of benzene rings is 1. The SMILES string of the molecule is COc1ccc([C@@H](C)NC(=O)NCCCc2c(C)noc2C)cc1F. The first-order valence-corrected chi connectivity index (χ1v) is 8.22. The van der Waals surface area contributed by atoms with E-state index in [1.54, 1.807) is 19.1 Å². The molecule has 25 heavy (non-hydrogen) atoms. The number of rotatable bonds is 7. The Kier molecular flexibility index (Phi) is 6.38. The van der Waals surface area contributed by atoms with E-state index in [9.17, 15) is 9.18 Å². The Labute approximate surface area is 146 Å². The quantitative estimate of drug-likeness (QED) is 0.751. The lowest BCUT2D eigenvalue weighted by atomic mass is 10.1. The summed E-state index contributed by atoms with van der Waals surface area (Å²) in [5, 5.41) is 9.50. The van der Waals surface area contributed by atoms with Gasteiger partial charge in [0.15, 0.2) is 11.6 Å². The second-order valence-electron chi connectivity index (χ2n) is 5.92. The highest BCUT2D eigenvalue weighted by atomic mass is 19.1. The first-order valence-electron chi connectivity index (χ1n) is 8.22. The van der Waals surface area contributed by atoms with Crippen molar-refractivity contribution in [3.63, 3.8) is 0 Å². The van der Waals surface area contributed by atoms with Crippen molar-refractivity contribution in [2.24, 2.45) is 0 Å². The molecule has 1 aromatic carbocycles. The molecule has 1 heterocycles. The topological polar surface area (TPSA) is 76.4 Å². The predicted octanol–water partition coefficient (Wildman–Crippen LogP) is 3.43. The Bertz CT molecular complexity index is 711. The number of halogens is 1. The molecule has 0 saturated carbocycles. The molecule has 2 N–H and O–H groups in total. The summed E-state index contributed by atoms with van der Waals surface area (Å²) in [4.78, 5) is 12.0. The van der Waals surface area contributed by atoms with Gasteiger partial charge in [-0.15, -0.1) is 0 Å². The fourth-order valence-corrected chi connectivity index (χ4v) is 2.61. The van der Waals surface area contributed by atoms with Gasteiger partial charge in [-0.2, -0.15) is 0 Å². The minimum atomic E-state index is -0.450. The Morgan fingerprint density at radius 2 is 2.16 bits per heavy atom. The van der Waals surface area contributed by atoms with Crippen molar-refractivity contribution >= 4 is 6.03 Å². The van der Waals surface area contributed by atoms with Crippen LogP contribution in [0.3, 0.4) is 0 Å². The number of aryl methyl sites for hydroxylation is 2. The number of carbonyl (C=O) groups excluding carboxylic acids is 1. The summed E-state index contributed by atoms with van der Waals surface area (Å²) < 4.78 is 23.7. The molecule has 0 saturated heterocycles. The average molecular weight is 349 g/mol. The zero-order valence-corrected chi connectivity index (χ0v) is 15.0. The highest BCUT2D eigenvalue weighted by Crippen LogP contribution is 2.21. The van der Waals surface area contributed by atoms with E-state index in [0.29, 0.717) is 12.1 Å². The molecule has 2 aromatic rings. The van der Waals surface area contributed by atoms with Gasteiger partial charge in [0.2, 0.25) is 0 Å². The van der Waals surface area contributed by atoms with Crippen LogP contribution in [0.2, 0.25) is 0 Å². The molecule has 0 bridgehead atoms. The van der Waals surface area contributed by atoms with E-state index in [1.807, 2.05) is 13.8 Å². The van der Waals surface area contributed by atoms with Crippen molar-refractivity contribution in [2.75, 3.05) is 13.7 Å². The summed E-state index contributed by atoms with van der Waals surface area (Å²) in [7, 11) is 1.41. The summed E-state index contributed by atoms with van der Waals surface area (Å²) in [5.74, 6) is 0.547. The van der Waals surface area contributed by atoms with Crippen LogP contribution in [-0.2, 0) is 6.42 Å². The Morgan fingerprint density at radius 1 is 1.40 bits per heavy atom. The summed E-state index contributed by atoms with van der Waals surface area (Å²) in [6.45, 7) is 6.11. The monoisotopic (exact) mass is 349 g/mol. The largest absolute Gasteiger partial charge is 0.494 e. The molecule has 0 aliphatic carbocycles. The van der Waals surface area contributed by atoms with Gasteiger partial charge in [-0.3, -0.25) is 0 Å². The maximum Gasteiger partial charge on any atom is 0.315 e. The van der Waals surface area contributed by atoms with Crippen molar-refractivity contribution in [3.8, 4) is 5.75 Å². The minimum absolute atomic E-state index is 0.180. The lowest BCUT2D eigenvalue weighted by Gasteiger charge is -2.16. The van der Waals surface area contributed by atoms with Crippen molar-refractivity contribution in [1.82, 2.24) is 15.8 Å². The van der Waals surface area contributed by atoms with Crippen LogP contribution in [0.4, 0.5) is 9.18 Å². The highest BCUT2D eigenvalue weighted by Gasteiger charge is 2.12. The van der Waals surface area contributed by atoms with Gasteiger partial charge in [-0.25, -0.2) is 9.18 Å². The number of aromatic nitrogens is 1. The second-order valence-corrected chi connectivity index (χ2v) is 5.92. The standard InChI is InChI=1S/C18H24FN3O3/c1-11(14-7-8-17(24-4)16(19)10-14)21-18(23)20-9-5-6-15-12(2)22-25-13(15)3/h7-8,10-11H,5-6,9H2,1-4H3,(H2,20,21,23)/t11-/m1/s1. The molecule has 0 spiro atoms. The molecule has 0 aliphatic heterocycles. The minimum Gasteiger partial charge on any atom is -0.494 e. The molecule has 0 unspecified atom stereocenters. The third kappa shape index (κ3) is 4.95. The molecule has 2 amide bonds. The van der Waals surface area contributed by atoms with Crippen molar-refractivity contribution in [2.45, 2.75) is 39.7 Å². The number of hydrogen-bond donors (Lipinski definition) is 2. The lowest BCUT2D eigenvalue weighted by Crippen LogP contribution is -2.37. The third-order valence-electron chi connectivity index (χ3n) is 4.09. The Morgan fingerprint density at radius 3 is 2.76 bits per heavy atom. The lowest BCUT2D eigenvalue weighted by molar-refractivity contribution is 0.238. The van der Waals surface area contributed by atoms with E-state index in [1.165, 1.54) is 13.2 Å². The first-order chi connectivity index (χ1) is 11.9. The fourth-order valence-electron chi connectivity index (χ4n) is 2.61. The van der Waals surface area contributed by atoms with Gasteiger partial charge in [0.05, 0.1) is 18.8 Å². The molecule has 1 aromatic heterocycles. The third-order valence-corrected chi connectivity index (χ3v) is 4.09. The van der Waals surface area contributed by atoms with Gasteiger partial charge in [-0.05, 0) is 51.3 Å². The van der Waals surface area contributed by atoms with E-state index in [4.69, 9.17) is 9.26 Å². The molecule has 0 radical (unpaired) electrons. The van der Waals surface area contributed by atoms with E-state index in [2.05, 4.69) is 15.8 Å². The Balaban J connectivity index is 1.77. The summed E-state index contributed by atoms with van der Waals surface area (Å²) in [5.41, 5.74) is 2.64. The predicted molar refractivity (Wildman–Crippen MR) is 92.2 cm³/mol. The maximum atomic E-state index is 13.7. The molecule has 0 aliphatic rings. The van der Waals surface area contributed by atoms with Gasteiger partial charge in [-0.1, -0.05) is 11.2 Å². The van der Waals surface area contributed by atoms with E-state index in [-0.39, 0.29) is 17.8 Å². The molecule has 0 fully saturated rings. The zero-order chi connectivity index (χ0) is 18.4. The number of methoxy groups -OCH3 is 1. The molecular formula is C18H24FN3O3. The van der Waals surface area contributed by atoms with E-state index in [0.717, 1.165) is 29.9 Å². The molecule has 6 nitrogen and oxygen atoms in total. The van der Waals surface area contributed by atoms with Crippen LogP contribution >= 0.6 is 0 Å². The van der Waals surface area contributed by atoms with Gasteiger partial charge in [0, 0.05) is 12.1 Å². The van der Waals surface area contributed by atoms with Crippen molar-refractivity contribution in [1.29, 1.82) is 0 Å². The van der Waals surface area contributed by atoms with E-state index >= 15 is 0 Å².